The molecule has 3 nitrogen and oxygen atoms in total. The highest BCUT2D eigenvalue weighted by Crippen LogP contribution is 2.32. The van der Waals surface area contributed by atoms with Crippen molar-refractivity contribution in [3.8, 4) is 0 Å². The molecule has 0 saturated carbocycles. The number of benzene rings is 2. The molecule has 21 heavy (non-hydrogen) atoms. The number of nitrogens with zero attached hydrogens (tertiary/aromatic N) is 2. The third kappa shape index (κ3) is 2.00. The molecule has 0 radical (unpaired) electrons. The summed E-state index contributed by atoms with van der Waals surface area (Å²) in [6, 6.07) is 14.7. The summed E-state index contributed by atoms with van der Waals surface area (Å²) in [6.07, 6.45) is 3.70. The molecule has 1 aliphatic rings. The van der Waals surface area contributed by atoms with Crippen LogP contribution in [-0.4, -0.2) is 9.55 Å². The van der Waals surface area contributed by atoms with Crippen LogP contribution in [0.3, 0.4) is 0 Å². The first-order valence-electron chi connectivity index (χ1n) is 6.93. The van der Waals surface area contributed by atoms with E-state index in [-0.39, 0.29) is 11.9 Å². The average Bonchev–Trinajstić information content (AvgIpc) is 2.89. The minimum atomic E-state index is -0.287. The van der Waals surface area contributed by atoms with E-state index in [1.165, 1.54) is 11.6 Å². The Kier molecular flexibility index (Phi) is 2.74. The monoisotopic (exact) mass is 279 g/mol. The zero-order valence-corrected chi connectivity index (χ0v) is 11.3. The van der Waals surface area contributed by atoms with Crippen molar-refractivity contribution in [2.45, 2.75) is 12.6 Å². The molecule has 0 aliphatic carbocycles. The molecule has 1 aromatic heterocycles. The zero-order chi connectivity index (χ0) is 14.2. The van der Waals surface area contributed by atoms with Gasteiger partial charge < -0.3 is 9.88 Å². The van der Waals surface area contributed by atoms with Crippen LogP contribution in [0.4, 0.5) is 10.1 Å². The molecular weight excluding hydrogens is 265 g/mol. The summed E-state index contributed by atoms with van der Waals surface area (Å²) in [5.41, 5.74) is 2.81. The van der Waals surface area contributed by atoms with Gasteiger partial charge in [-0.3, -0.25) is 0 Å². The lowest BCUT2D eigenvalue weighted by Crippen LogP contribution is -2.16. The fourth-order valence-corrected chi connectivity index (χ4v) is 2.84. The van der Waals surface area contributed by atoms with Gasteiger partial charge in [-0.15, -0.1) is 0 Å². The summed E-state index contributed by atoms with van der Waals surface area (Å²) in [6.45, 7) is 0.740. The third-order valence-corrected chi connectivity index (χ3v) is 3.88. The molecule has 0 amide bonds. The van der Waals surface area contributed by atoms with Crippen molar-refractivity contribution in [3.63, 3.8) is 0 Å². The topological polar surface area (TPSA) is 29.9 Å². The van der Waals surface area contributed by atoms with Gasteiger partial charge in [0.25, 0.3) is 0 Å². The van der Waals surface area contributed by atoms with Gasteiger partial charge >= 0.3 is 0 Å². The Morgan fingerprint density at radius 3 is 2.81 bits per heavy atom. The molecule has 0 fully saturated rings. The minimum absolute atomic E-state index is 0.219. The highest BCUT2D eigenvalue weighted by atomic mass is 19.1. The van der Waals surface area contributed by atoms with Gasteiger partial charge in [0.1, 0.15) is 17.7 Å². The molecule has 0 bridgehead atoms. The molecule has 1 unspecified atom stereocenters. The van der Waals surface area contributed by atoms with Crippen LogP contribution < -0.4 is 5.32 Å². The Hall–Kier alpha value is -2.62. The number of halogens is 1. The SMILES string of the molecule is Fc1ccccc1C1Nc2ccccc2Cn2ccnc21. The van der Waals surface area contributed by atoms with Gasteiger partial charge in [0.15, 0.2) is 0 Å². The van der Waals surface area contributed by atoms with E-state index in [1.807, 2.05) is 30.5 Å². The molecule has 1 aliphatic heterocycles. The Balaban J connectivity index is 1.90. The fraction of sp³-hybridized carbons (Fsp3) is 0.118. The Bertz CT molecular complexity index is 794. The summed E-state index contributed by atoms with van der Waals surface area (Å²) < 4.78 is 16.3. The Labute approximate surface area is 122 Å². The lowest BCUT2D eigenvalue weighted by Gasteiger charge is -2.19. The van der Waals surface area contributed by atoms with E-state index >= 15 is 0 Å². The molecule has 1 N–H and O–H groups in total. The molecule has 4 rings (SSSR count). The summed E-state index contributed by atoms with van der Waals surface area (Å²) in [4.78, 5) is 4.43. The maximum Gasteiger partial charge on any atom is 0.136 e. The number of aromatic nitrogens is 2. The summed E-state index contributed by atoms with van der Waals surface area (Å²) in [7, 11) is 0. The van der Waals surface area contributed by atoms with Gasteiger partial charge in [0.05, 0.1) is 6.54 Å². The van der Waals surface area contributed by atoms with E-state index in [0.29, 0.717) is 5.56 Å². The molecule has 2 aromatic carbocycles. The standard InChI is InChI=1S/C17H14FN3/c18-14-7-3-2-6-13(14)16-17-19-9-10-21(17)11-12-5-1-4-8-15(12)20-16/h1-10,16,20H,11H2. The number of hydrogen-bond donors (Lipinski definition) is 1. The Morgan fingerprint density at radius 2 is 1.90 bits per heavy atom. The number of imidazole rings is 1. The Morgan fingerprint density at radius 1 is 1.10 bits per heavy atom. The van der Waals surface area contributed by atoms with E-state index in [0.717, 1.165) is 18.1 Å². The summed E-state index contributed by atoms with van der Waals surface area (Å²) in [5, 5.41) is 3.44. The molecule has 4 heteroatoms. The molecular formula is C17H14FN3. The van der Waals surface area contributed by atoms with Crippen molar-refractivity contribution in [2.24, 2.45) is 0 Å². The van der Waals surface area contributed by atoms with Crippen molar-refractivity contribution in [2.75, 3.05) is 5.32 Å². The van der Waals surface area contributed by atoms with Crippen molar-refractivity contribution in [1.29, 1.82) is 0 Å². The van der Waals surface area contributed by atoms with Crippen molar-refractivity contribution in [3.05, 3.63) is 83.7 Å². The fourth-order valence-electron chi connectivity index (χ4n) is 2.84. The lowest BCUT2D eigenvalue weighted by molar-refractivity contribution is 0.595. The van der Waals surface area contributed by atoms with E-state index in [9.17, 15) is 4.39 Å². The van der Waals surface area contributed by atoms with Crippen LogP contribution in [0.2, 0.25) is 0 Å². The quantitative estimate of drug-likeness (QED) is 0.738. The minimum Gasteiger partial charge on any atom is -0.371 e. The van der Waals surface area contributed by atoms with Crippen LogP contribution >= 0.6 is 0 Å². The van der Waals surface area contributed by atoms with Gasteiger partial charge in [0, 0.05) is 23.6 Å². The second kappa shape index (κ2) is 4.74. The van der Waals surface area contributed by atoms with Crippen LogP contribution in [0.15, 0.2) is 60.9 Å². The maximum atomic E-state index is 14.2. The lowest BCUT2D eigenvalue weighted by atomic mass is 10.1. The van der Waals surface area contributed by atoms with E-state index in [4.69, 9.17) is 0 Å². The molecule has 0 spiro atoms. The number of nitrogens with one attached hydrogen (secondary N) is 1. The van der Waals surface area contributed by atoms with Gasteiger partial charge in [0.2, 0.25) is 0 Å². The van der Waals surface area contributed by atoms with Crippen LogP contribution in [0.25, 0.3) is 0 Å². The summed E-state index contributed by atoms with van der Waals surface area (Å²) in [5.74, 6) is 0.611. The highest BCUT2D eigenvalue weighted by Gasteiger charge is 2.25. The van der Waals surface area contributed by atoms with Crippen molar-refractivity contribution < 1.29 is 4.39 Å². The number of hydrogen-bond acceptors (Lipinski definition) is 2. The first-order valence-corrected chi connectivity index (χ1v) is 6.93. The van der Waals surface area contributed by atoms with Crippen LogP contribution in [0.5, 0.6) is 0 Å². The molecule has 0 saturated heterocycles. The van der Waals surface area contributed by atoms with E-state index in [1.54, 1.807) is 18.3 Å². The normalized spacial score (nSPS) is 16.5. The molecule has 2 heterocycles. The molecule has 104 valence electrons. The third-order valence-electron chi connectivity index (χ3n) is 3.88. The van der Waals surface area contributed by atoms with Crippen molar-refractivity contribution in [1.82, 2.24) is 9.55 Å². The first kappa shape index (κ1) is 12.1. The summed E-state index contributed by atoms with van der Waals surface area (Å²) >= 11 is 0. The number of anilines is 1. The second-order valence-corrected chi connectivity index (χ2v) is 5.17. The molecule has 3 aromatic rings. The predicted octanol–water partition coefficient (Wildman–Crippen LogP) is 3.59. The highest BCUT2D eigenvalue weighted by molar-refractivity contribution is 5.55. The van der Waals surface area contributed by atoms with E-state index < -0.39 is 0 Å². The smallest absolute Gasteiger partial charge is 0.136 e. The number of rotatable bonds is 1. The predicted molar refractivity (Wildman–Crippen MR) is 79.6 cm³/mol. The van der Waals surface area contributed by atoms with Crippen LogP contribution in [0, 0.1) is 5.82 Å². The van der Waals surface area contributed by atoms with Gasteiger partial charge in [-0.2, -0.15) is 0 Å². The van der Waals surface area contributed by atoms with Crippen LogP contribution in [-0.2, 0) is 6.54 Å². The van der Waals surface area contributed by atoms with Gasteiger partial charge in [-0.05, 0) is 17.7 Å². The zero-order valence-electron chi connectivity index (χ0n) is 11.3. The second-order valence-electron chi connectivity index (χ2n) is 5.17. The average molecular weight is 279 g/mol. The number of fused-ring (bicyclic) bond motifs is 2. The largest absolute Gasteiger partial charge is 0.371 e. The molecule has 1 atom stereocenters. The van der Waals surface area contributed by atoms with Gasteiger partial charge in [-0.25, -0.2) is 9.37 Å². The number of para-hydroxylation sites is 1. The first-order chi connectivity index (χ1) is 10.3. The van der Waals surface area contributed by atoms with Crippen LogP contribution in [0.1, 0.15) is 23.0 Å². The maximum absolute atomic E-state index is 14.2. The van der Waals surface area contributed by atoms with E-state index in [2.05, 4.69) is 20.9 Å². The van der Waals surface area contributed by atoms with Crippen molar-refractivity contribution >= 4 is 5.69 Å². The van der Waals surface area contributed by atoms with Gasteiger partial charge in [-0.1, -0.05) is 36.4 Å².